The van der Waals surface area contributed by atoms with Crippen LogP contribution >= 0.6 is 0 Å². The van der Waals surface area contributed by atoms with Crippen LogP contribution in [0.1, 0.15) is 46.6 Å². The Balaban J connectivity index is 3.21. The third kappa shape index (κ3) is 5.73. The lowest BCUT2D eigenvalue weighted by molar-refractivity contribution is -0.123. The van der Waals surface area contributed by atoms with Gasteiger partial charge in [0, 0.05) is 6.04 Å². The molecule has 1 aromatic carbocycles. The first kappa shape index (κ1) is 21.5. The third-order valence-electron chi connectivity index (χ3n) is 4.36. The van der Waals surface area contributed by atoms with Gasteiger partial charge in [-0.15, -0.1) is 0 Å². The predicted octanol–water partition coefficient (Wildman–Crippen LogP) is 3.34. The Bertz CT molecular complexity index is 658. The average Bonchev–Trinajstić information content (AvgIpc) is 2.49. The van der Waals surface area contributed by atoms with Crippen LogP contribution in [0.4, 0.5) is 5.69 Å². The van der Waals surface area contributed by atoms with Crippen molar-refractivity contribution in [3.05, 3.63) is 29.8 Å². The molecule has 0 spiro atoms. The fourth-order valence-corrected chi connectivity index (χ4v) is 4.33. The second-order valence-electron chi connectivity index (χ2n) is 7.34. The number of nitrogens with zero attached hydrogens (tertiary/aromatic N) is 1. The van der Waals surface area contributed by atoms with Gasteiger partial charge >= 0.3 is 0 Å². The molecule has 0 radical (unpaired) electrons. The van der Waals surface area contributed by atoms with Crippen molar-refractivity contribution in [1.29, 1.82) is 0 Å². The maximum Gasteiger partial charge on any atom is 0.244 e. The summed E-state index contributed by atoms with van der Waals surface area (Å²) in [5.74, 6) is 0.293. The second kappa shape index (κ2) is 8.70. The Morgan fingerprint density at radius 1 is 1.08 bits per heavy atom. The SMILES string of the molecule is CC[C@H](C(=O)NC(C(C)C)C(C)C)N(c1ccc(C)cc1)S(C)(=O)=O. The zero-order valence-corrected chi connectivity index (χ0v) is 17.2. The maximum atomic E-state index is 12.9. The lowest BCUT2D eigenvalue weighted by Crippen LogP contribution is -2.53. The van der Waals surface area contributed by atoms with Crippen molar-refractivity contribution in [3.8, 4) is 0 Å². The highest BCUT2D eigenvalue weighted by molar-refractivity contribution is 7.92. The predicted molar refractivity (Wildman–Crippen MR) is 104 cm³/mol. The largest absolute Gasteiger partial charge is 0.351 e. The zero-order chi connectivity index (χ0) is 19.4. The highest BCUT2D eigenvalue weighted by Crippen LogP contribution is 2.23. The van der Waals surface area contributed by atoms with E-state index < -0.39 is 16.1 Å². The molecule has 6 heteroatoms. The first-order valence-corrected chi connectivity index (χ1v) is 10.7. The van der Waals surface area contributed by atoms with Crippen molar-refractivity contribution < 1.29 is 13.2 Å². The van der Waals surface area contributed by atoms with Crippen LogP contribution < -0.4 is 9.62 Å². The highest BCUT2D eigenvalue weighted by Gasteiger charge is 2.33. The quantitative estimate of drug-likeness (QED) is 0.765. The molecule has 0 aliphatic heterocycles. The molecule has 1 aromatic rings. The molecule has 0 fully saturated rings. The zero-order valence-electron chi connectivity index (χ0n) is 16.4. The highest BCUT2D eigenvalue weighted by atomic mass is 32.2. The molecular weight excluding hydrogens is 336 g/mol. The van der Waals surface area contributed by atoms with Gasteiger partial charge in [-0.25, -0.2) is 8.42 Å². The van der Waals surface area contributed by atoms with Gasteiger partial charge in [0.1, 0.15) is 6.04 Å². The molecule has 1 N–H and O–H groups in total. The Kier molecular flexibility index (Phi) is 7.47. The van der Waals surface area contributed by atoms with E-state index in [0.717, 1.165) is 11.8 Å². The summed E-state index contributed by atoms with van der Waals surface area (Å²) >= 11 is 0. The van der Waals surface area contributed by atoms with E-state index in [9.17, 15) is 13.2 Å². The lowest BCUT2D eigenvalue weighted by atomic mass is 9.93. The first-order valence-electron chi connectivity index (χ1n) is 8.85. The Labute approximate surface area is 152 Å². The monoisotopic (exact) mass is 368 g/mol. The molecule has 142 valence electrons. The van der Waals surface area contributed by atoms with E-state index in [1.54, 1.807) is 12.1 Å². The van der Waals surface area contributed by atoms with Gasteiger partial charge in [0.2, 0.25) is 15.9 Å². The number of anilines is 1. The third-order valence-corrected chi connectivity index (χ3v) is 5.54. The molecule has 1 amide bonds. The molecule has 0 saturated carbocycles. The van der Waals surface area contributed by atoms with Gasteiger partial charge in [0.15, 0.2) is 0 Å². The molecule has 0 bridgehead atoms. The van der Waals surface area contributed by atoms with E-state index in [0.29, 0.717) is 12.1 Å². The number of amides is 1. The summed E-state index contributed by atoms with van der Waals surface area (Å²) in [6, 6.07) is 6.43. The fraction of sp³-hybridized carbons (Fsp3) is 0.632. The molecular formula is C19H32N2O3S. The summed E-state index contributed by atoms with van der Waals surface area (Å²) in [6.07, 6.45) is 1.54. The maximum absolute atomic E-state index is 12.9. The van der Waals surface area contributed by atoms with Gasteiger partial charge in [-0.3, -0.25) is 9.10 Å². The van der Waals surface area contributed by atoms with Gasteiger partial charge < -0.3 is 5.32 Å². The standard InChI is InChI=1S/C19H32N2O3S/c1-8-17(19(22)20-18(13(2)3)14(4)5)21(25(7,23)24)16-11-9-15(6)10-12-16/h9-14,17-18H,8H2,1-7H3,(H,20,22)/t17-/m1/s1. The molecule has 1 atom stereocenters. The van der Waals surface area contributed by atoms with Crippen molar-refractivity contribution in [3.63, 3.8) is 0 Å². The van der Waals surface area contributed by atoms with E-state index in [1.165, 1.54) is 4.31 Å². The number of rotatable bonds is 8. The Morgan fingerprint density at radius 2 is 1.56 bits per heavy atom. The minimum absolute atomic E-state index is 0.000906. The summed E-state index contributed by atoms with van der Waals surface area (Å²) < 4.78 is 26.1. The van der Waals surface area contributed by atoms with Crippen LogP contribution in [0.25, 0.3) is 0 Å². The van der Waals surface area contributed by atoms with Crippen LogP contribution in [-0.4, -0.2) is 32.7 Å². The van der Waals surface area contributed by atoms with Crippen molar-refractivity contribution in [2.24, 2.45) is 11.8 Å². The fourth-order valence-electron chi connectivity index (χ4n) is 3.12. The summed E-state index contributed by atoms with van der Waals surface area (Å²) in [4.78, 5) is 12.9. The average molecular weight is 369 g/mol. The van der Waals surface area contributed by atoms with Gasteiger partial charge in [-0.05, 0) is 37.3 Å². The van der Waals surface area contributed by atoms with Crippen molar-refractivity contribution >= 4 is 21.6 Å². The van der Waals surface area contributed by atoms with E-state index in [2.05, 4.69) is 33.0 Å². The Hall–Kier alpha value is -1.56. The van der Waals surface area contributed by atoms with Crippen LogP contribution in [-0.2, 0) is 14.8 Å². The number of sulfonamides is 1. The van der Waals surface area contributed by atoms with Crippen molar-refractivity contribution in [2.45, 2.75) is 60.0 Å². The smallest absolute Gasteiger partial charge is 0.244 e. The number of carbonyl (C=O) groups excluding carboxylic acids is 1. The van der Waals surface area contributed by atoms with E-state index >= 15 is 0 Å². The van der Waals surface area contributed by atoms with Crippen LogP contribution in [0.2, 0.25) is 0 Å². The molecule has 0 heterocycles. The van der Waals surface area contributed by atoms with Gasteiger partial charge in [0.25, 0.3) is 0 Å². The molecule has 0 aliphatic carbocycles. The summed E-state index contributed by atoms with van der Waals surface area (Å²) in [6.45, 7) is 12.0. The minimum Gasteiger partial charge on any atom is -0.351 e. The number of hydrogen-bond donors (Lipinski definition) is 1. The van der Waals surface area contributed by atoms with E-state index in [1.807, 2.05) is 26.0 Å². The number of nitrogens with one attached hydrogen (secondary N) is 1. The van der Waals surface area contributed by atoms with Crippen molar-refractivity contribution in [1.82, 2.24) is 5.32 Å². The molecule has 0 saturated heterocycles. The second-order valence-corrected chi connectivity index (χ2v) is 9.20. The molecule has 0 aromatic heterocycles. The first-order chi connectivity index (χ1) is 11.5. The van der Waals surface area contributed by atoms with E-state index in [-0.39, 0.29) is 23.8 Å². The molecule has 25 heavy (non-hydrogen) atoms. The lowest BCUT2D eigenvalue weighted by Gasteiger charge is -2.33. The molecule has 0 unspecified atom stereocenters. The van der Waals surface area contributed by atoms with Crippen LogP contribution in [0.15, 0.2) is 24.3 Å². The summed E-state index contributed by atoms with van der Waals surface area (Å²) in [7, 11) is -3.59. The Morgan fingerprint density at radius 3 is 1.92 bits per heavy atom. The topological polar surface area (TPSA) is 66.5 Å². The van der Waals surface area contributed by atoms with Crippen LogP contribution in [0.3, 0.4) is 0 Å². The van der Waals surface area contributed by atoms with Gasteiger partial charge in [0.05, 0.1) is 11.9 Å². The minimum atomic E-state index is -3.59. The van der Waals surface area contributed by atoms with Crippen LogP contribution in [0.5, 0.6) is 0 Å². The molecule has 5 nitrogen and oxygen atoms in total. The number of aryl methyl sites for hydroxylation is 1. The molecule has 0 aliphatic rings. The number of hydrogen-bond acceptors (Lipinski definition) is 3. The molecule has 1 rings (SSSR count). The van der Waals surface area contributed by atoms with Crippen LogP contribution in [0, 0.1) is 18.8 Å². The van der Waals surface area contributed by atoms with Crippen molar-refractivity contribution in [2.75, 3.05) is 10.6 Å². The summed E-state index contributed by atoms with van der Waals surface area (Å²) in [5, 5.41) is 3.06. The summed E-state index contributed by atoms with van der Waals surface area (Å²) in [5.41, 5.74) is 1.55. The number of benzene rings is 1. The normalized spacial score (nSPS) is 13.4. The van der Waals surface area contributed by atoms with E-state index in [4.69, 9.17) is 0 Å². The van der Waals surface area contributed by atoms with Gasteiger partial charge in [-0.1, -0.05) is 52.3 Å². The van der Waals surface area contributed by atoms with Gasteiger partial charge in [-0.2, -0.15) is 0 Å². The number of carbonyl (C=O) groups is 1.